The van der Waals surface area contributed by atoms with Gasteiger partial charge in [-0.1, -0.05) is 17.7 Å². The normalized spacial score (nSPS) is 18.6. The largest absolute Gasteiger partial charge is 0.326 e. The summed E-state index contributed by atoms with van der Waals surface area (Å²) in [7, 11) is 2.11. The van der Waals surface area contributed by atoms with E-state index >= 15 is 0 Å². The highest BCUT2D eigenvalue weighted by atomic mass is 35.5. The summed E-state index contributed by atoms with van der Waals surface area (Å²) in [6, 6.07) is 5.85. The molecule has 5 heteroatoms. The maximum Gasteiger partial charge on any atom is 0.326 e. The summed E-state index contributed by atoms with van der Waals surface area (Å²) < 4.78 is 1.84. The molecule has 0 radical (unpaired) electrons. The number of likely N-dealkylation sites (tertiary alicyclic amines) is 1. The van der Waals surface area contributed by atoms with Crippen molar-refractivity contribution < 1.29 is 0 Å². The van der Waals surface area contributed by atoms with Gasteiger partial charge >= 0.3 is 5.69 Å². The summed E-state index contributed by atoms with van der Waals surface area (Å²) in [5, 5.41) is 0.643. The van der Waals surface area contributed by atoms with Crippen molar-refractivity contribution in [1.82, 2.24) is 14.5 Å². The first-order valence-corrected chi connectivity index (χ1v) is 6.62. The molecule has 1 N–H and O–H groups in total. The van der Waals surface area contributed by atoms with Crippen LogP contribution in [0.4, 0.5) is 0 Å². The Morgan fingerprint density at radius 1 is 1.33 bits per heavy atom. The Morgan fingerprint density at radius 2 is 2.06 bits per heavy atom. The molecular weight excluding hydrogens is 250 g/mol. The van der Waals surface area contributed by atoms with E-state index in [4.69, 9.17) is 11.6 Å². The molecule has 18 heavy (non-hydrogen) atoms. The van der Waals surface area contributed by atoms with Gasteiger partial charge in [-0.2, -0.15) is 0 Å². The molecule has 0 spiro atoms. The smallest absolute Gasteiger partial charge is 0.306 e. The zero-order valence-corrected chi connectivity index (χ0v) is 11.1. The van der Waals surface area contributed by atoms with Crippen LogP contribution in [-0.4, -0.2) is 34.6 Å². The van der Waals surface area contributed by atoms with Crippen molar-refractivity contribution in [2.24, 2.45) is 0 Å². The molecule has 2 aromatic rings. The van der Waals surface area contributed by atoms with Crippen LogP contribution >= 0.6 is 11.6 Å². The van der Waals surface area contributed by atoms with E-state index in [1.807, 2.05) is 22.8 Å². The third-order valence-corrected chi connectivity index (χ3v) is 4.05. The highest BCUT2D eigenvalue weighted by Crippen LogP contribution is 2.28. The lowest BCUT2D eigenvalue weighted by molar-refractivity contribution is 0.221. The van der Waals surface area contributed by atoms with Crippen molar-refractivity contribution in [2.75, 3.05) is 20.1 Å². The number of hydrogen-bond acceptors (Lipinski definition) is 2. The topological polar surface area (TPSA) is 41.0 Å². The molecule has 0 atom stereocenters. The molecule has 1 aliphatic rings. The first-order chi connectivity index (χ1) is 8.66. The van der Waals surface area contributed by atoms with Gasteiger partial charge < -0.3 is 9.88 Å². The van der Waals surface area contributed by atoms with Crippen molar-refractivity contribution in [3.63, 3.8) is 0 Å². The molecule has 1 aliphatic heterocycles. The minimum Gasteiger partial charge on any atom is -0.306 e. The number of benzene rings is 1. The molecule has 3 rings (SSSR count). The molecule has 4 nitrogen and oxygen atoms in total. The Labute approximate surface area is 110 Å². The number of halogens is 1. The van der Waals surface area contributed by atoms with Crippen LogP contribution < -0.4 is 5.69 Å². The van der Waals surface area contributed by atoms with Gasteiger partial charge in [-0.3, -0.25) is 4.57 Å². The van der Waals surface area contributed by atoms with Gasteiger partial charge in [0.25, 0.3) is 0 Å². The number of hydrogen-bond donors (Lipinski definition) is 1. The van der Waals surface area contributed by atoms with Gasteiger partial charge in [-0.15, -0.1) is 0 Å². The summed E-state index contributed by atoms with van der Waals surface area (Å²) in [4.78, 5) is 17.3. The molecule has 0 amide bonds. The number of imidazole rings is 1. The van der Waals surface area contributed by atoms with Crippen molar-refractivity contribution in [3.8, 4) is 0 Å². The van der Waals surface area contributed by atoms with Gasteiger partial charge in [0, 0.05) is 6.04 Å². The van der Waals surface area contributed by atoms with Gasteiger partial charge in [0.15, 0.2) is 0 Å². The number of rotatable bonds is 1. The van der Waals surface area contributed by atoms with Gasteiger partial charge in [-0.25, -0.2) is 4.79 Å². The Kier molecular flexibility index (Phi) is 2.92. The number of H-pyrrole nitrogens is 1. The number of aromatic nitrogens is 2. The second-order valence-electron chi connectivity index (χ2n) is 4.97. The zero-order chi connectivity index (χ0) is 12.7. The maximum atomic E-state index is 12.1. The van der Waals surface area contributed by atoms with E-state index < -0.39 is 0 Å². The van der Waals surface area contributed by atoms with Gasteiger partial charge in [0.05, 0.1) is 16.1 Å². The van der Waals surface area contributed by atoms with Crippen molar-refractivity contribution in [3.05, 3.63) is 33.7 Å². The number of nitrogens with zero attached hydrogens (tertiary/aromatic N) is 2. The van der Waals surface area contributed by atoms with Gasteiger partial charge in [-0.05, 0) is 45.1 Å². The second-order valence-corrected chi connectivity index (χ2v) is 5.38. The van der Waals surface area contributed by atoms with E-state index in [0.29, 0.717) is 5.02 Å². The van der Waals surface area contributed by atoms with Crippen LogP contribution in [0, 0.1) is 0 Å². The quantitative estimate of drug-likeness (QED) is 0.859. The average Bonchev–Trinajstić information content (AvgIpc) is 2.68. The van der Waals surface area contributed by atoms with Crippen LogP contribution in [0.5, 0.6) is 0 Å². The minimum absolute atomic E-state index is 0.0485. The molecule has 96 valence electrons. The van der Waals surface area contributed by atoms with Crippen molar-refractivity contribution in [1.29, 1.82) is 0 Å². The summed E-state index contributed by atoms with van der Waals surface area (Å²) in [6.07, 6.45) is 1.99. The van der Waals surface area contributed by atoms with Crippen LogP contribution in [0.2, 0.25) is 5.02 Å². The van der Waals surface area contributed by atoms with Crippen LogP contribution in [0.1, 0.15) is 18.9 Å². The lowest BCUT2D eigenvalue weighted by atomic mass is 10.1. The van der Waals surface area contributed by atoms with Crippen LogP contribution in [0.3, 0.4) is 0 Å². The highest BCUT2D eigenvalue weighted by Gasteiger charge is 2.22. The third-order valence-electron chi connectivity index (χ3n) is 3.74. The molecular formula is C13H16ClN3O. The lowest BCUT2D eigenvalue weighted by Crippen LogP contribution is -2.34. The molecule has 1 saturated heterocycles. The fourth-order valence-electron chi connectivity index (χ4n) is 2.74. The summed E-state index contributed by atoms with van der Waals surface area (Å²) in [5.74, 6) is 0. The summed E-state index contributed by atoms with van der Waals surface area (Å²) in [5.41, 5.74) is 1.62. The molecule has 0 bridgehead atoms. The zero-order valence-electron chi connectivity index (χ0n) is 10.3. The van der Waals surface area contributed by atoms with E-state index in [2.05, 4.69) is 16.9 Å². The lowest BCUT2D eigenvalue weighted by Gasteiger charge is -2.29. The standard InChI is InChI=1S/C13H16ClN3O/c1-16-7-5-9(6-8-16)17-12-10(14)3-2-4-11(12)15-13(17)18/h2-4,9H,5-8H2,1H3,(H,15,18). The van der Waals surface area contributed by atoms with Crippen LogP contribution in [0.25, 0.3) is 11.0 Å². The first kappa shape index (κ1) is 11.8. The molecule has 0 unspecified atom stereocenters. The van der Waals surface area contributed by atoms with Gasteiger partial charge in [0.1, 0.15) is 0 Å². The number of nitrogens with one attached hydrogen (secondary N) is 1. The monoisotopic (exact) mass is 265 g/mol. The molecule has 1 aromatic carbocycles. The SMILES string of the molecule is CN1CCC(n2c(=O)[nH]c3cccc(Cl)c32)CC1. The molecule has 0 aliphatic carbocycles. The van der Waals surface area contributed by atoms with E-state index in [9.17, 15) is 4.79 Å². The van der Waals surface area contributed by atoms with E-state index in [0.717, 1.165) is 37.0 Å². The Hall–Kier alpha value is -1.26. The van der Waals surface area contributed by atoms with E-state index in [1.54, 1.807) is 0 Å². The molecule has 1 fully saturated rings. The van der Waals surface area contributed by atoms with Crippen LogP contribution in [0.15, 0.2) is 23.0 Å². The van der Waals surface area contributed by atoms with Crippen molar-refractivity contribution >= 4 is 22.6 Å². The molecule has 1 aromatic heterocycles. The van der Waals surface area contributed by atoms with Gasteiger partial charge in [0.2, 0.25) is 0 Å². The predicted octanol–water partition coefficient (Wildman–Crippen LogP) is 2.25. The second kappa shape index (κ2) is 4.44. The maximum absolute atomic E-state index is 12.1. The number of piperidine rings is 1. The highest BCUT2D eigenvalue weighted by molar-refractivity contribution is 6.34. The predicted molar refractivity (Wildman–Crippen MR) is 73.3 cm³/mol. The molecule has 0 saturated carbocycles. The summed E-state index contributed by atoms with van der Waals surface area (Å²) >= 11 is 6.23. The average molecular weight is 266 g/mol. The molecule has 2 heterocycles. The fraction of sp³-hybridized carbons (Fsp3) is 0.462. The minimum atomic E-state index is -0.0485. The number of aromatic amines is 1. The Morgan fingerprint density at radius 3 is 2.78 bits per heavy atom. The number of fused-ring (bicyclic) bond motifs is 1. The van der Waals surface area contributed by atoms with E-state index in [1.165, 1.54) is 0 Å². The van der Waals surface area contributed by atoms with Crippen molar-refractivity contribution in [2.45, 2.75) is 18.9 Å². The number of para-hydroxylation sites is 1. The van der Waals surface area contributed by atoms with E-state index in [-0.39, 0.29) is 11.7 Å². The Balaban J connectivity index is 2.11. The first-order valence-electron chi connectivity index (χ1n) is 6.24. The third kappa shape index (κ3) is 1.85. The Bertz CT molecular complexity index is 623. The fourth-order valence-corrected chi connectivity index (χ4v) is 3.01. The summed E-state index contributed by atoms with van der Waals surface area (Å²) in [6.45, 7) is 2.04. The van der Waals surface area contributed by atoms with Crippen LogP contribution in [-0.2, 0) is 0 Å².